The molecule has 0 saturated heterocycles. The van der Waals surface area contributed by atoms with Gasteiger partial charge >= 0.3 is 51.4 Å². The van der Waals surface area contributed by atoms with Crippen LogP contribution in [0.4, 0.5) is 0 Å². The van der Waals surface area contributed by atoms with Crippen molar-refractivity contribution in [2.45, 2.75) is 102 Å². The van der Waals surface area contributed by atoms with Gasteiger partial charge in [0.25, 0.3) is 0 Å². The number of hydrogen-bond acceptors (Lipinski definition) is 4. The molecule has 0 aliphatic carbocycles. The average molecular weight is 361 g/mol. The Morgan fingerprint density at radius 1 is 0.818 bits per heavy atom. The molecule has 6 heteroatoms. The fourth-order valence-electron chi connectivity index (χ4n) is 2.62. The molecule has 0 fully saturated rings. The predicted octanol–water partition coefficient (Wildman–Crippen LogP) is 0.986. The van der Waals surface area contributed by atoms with Crippen molar-refractivity contribution in [3.63, 3.8) is 0 Å². The molecular weight excluding hydrogens is 327 g/mol. The van der Waals surface area contributed by atoms with Gasteiger partial charge in [-0.15, -0.1) is 0 Å². The molecule has 0 saturated carbocycles. The van der Waals surface area contributed by atoms with Gasteiger partial charge < -0.3 is 9.66 Å². The standard InChI is InChI=1S/C16H34O4S.K/c1-3-5-13-16(21(18,19)20)14-10-8-6-7-9-12-15(17)11-4-2;/h15-17H,3-14H2,1-2H3,(H,18,19,20);/q;+1/p-1. The Balaban J connectivity index is 0. The van der Waals surface area contributed by atoms with Crippen LogP contribution in [0.25, 0.3) is 0 Å². The number of unbranched alkanes of at least 4 members (excludes halogenated alkanes) is 5. The summed E-state index contributed by atoms with van der Waals surface area (Å²) in [5.74, 6) is 0. The van der Waals surface area contributed by atoms with E-state index in [0.29, 0.717) is 12.8 Å². The molecule has 0 aromatic carbocycles. The van der Waals surface area contributed by atoms with E-state index in [0.717, 1.165) is 64.2 Å². The maximum Gasteiger partial charge on any atom is 1.00 e. The zero-order chi connectivity index (χ0) is 16.1. The van der Waals surface area contributed by atoms with Crippen molar-refractivity contribution in [1.29, 1.82) is 0 Å². The number of rotatable bonds is 14. The molecule has 128 valence electrons. The first-order chi connectivity index (χ1) is 9.91. The van der Waals surface area contributed by atoms with Crippen LogP contribution in [0.3, 0.4) is 0 Å². The van der Waals surface area contributed by atoms with Crippen LogP contribution in [0.5, 0.6) is 0 Å². The molecule has 4 nitrogen and oxygen atoms in total. The van der Waals surface area contributed by atoms with E-state index >= 15 is 0 Å². The van der Waals surface area contributed by atoms with Gasteiger partial charge in [0.1, 0.15) is 0 Å². The second-order valence-electron chi connectivity index (χ2n) is 6.04. The summed E-state index contributed by atoms with van der Waals surface area (Å²) in [6.45, 7) is 4.07. The summed E-state index contributed by atoms with van der Waals surface area (Å²) in [5, 5.41) is 8.90. The fraction of sp³-hybridized carbons (Fsp3) is 1.00. The maximum atomic E-state index is 11.2. The van der Waals surface area contributed by atoms with Crippen LogP contribution in [-0.4, -0.2) is 29.4 Å². The average Bonchev–Trinajstić information content (AvgIpc) is 2.39. The number of hydrogen-bond donors (Lipinski definition) is 1. The van der Waals surface area contributed by atoms with Crippen LogP contribution >= 0.6 is 0 Å². The SMILES string of the molecule is CCCCC(CCCCCCCC(O)CCC)S(=O)(=O)[O-].[K+]. The van der Waals surface area contributed by atoms with Gasteiger partial charge in [-0.2, -0.15) is 0 Å². The zero-order valence-corrected chi connectivity index (χ0v) is 18.7. The van der Waals surface area contributed by atoms with Gasteiger partial charge in [-0.1, -0.05) is 65.2 Å². The molecule has 0 radical (unpaired) electrons. The van der Waals surface area contributed by atoms with E-state index in [-0.39, 0.29) is 57.5 Å². The van der Waals surface area contributed by atoms with Crippen LogP contribution in [0.2, 0.25) is 0 Å². The van der Waals surface area contributed by atoms with E-state index < -0.39 is 15.4 Å². The smallest absolute Gasteiger partial charge is 0.748 e. The first kappa shape index (κ1) is 25.7. The molecule has 0 heterocycles. The molecule has 0 bridgehead atoms. The normalized spacial score (nSPS) is 14.4. The van der Waals surface area contributed by atoms with Crippen LogP contribution in [0, 0.1) is 0 Å². The molecule has 2 atom stereocenters. The summed E-state index contributed by atoms with van der Waals surface area (Å²) < 4.78 is 33.5. The Morgan fingerprint density at radius 3 is 1.82 bits per heavy atom. The van der Waals surface area contributed by atoms with Crippen LogP contribution in [0.15, 0.2) is 0 Å². The second kappa shape index (κ2) is 16.0. The number of aliphatic hydroxyl groups is 1. The van der Waals surface area contributed by atoms with E-state index in [1.807, 2.05) is 6.92 Å². The molecule has 0 aromatic heterocycles. The molecule has 1 N–H and O–H groups in total. The first-order valence-corrected chi connectivity index (χ1v) is 10.0. The van der Waals surface area contributed by atoms with Gasteiger partial charge in [-0.3, -0.25) is 0 Å². The van der Waals surface area contributed by atoms with Crippen molar-refractivity contribution in [3.8, 4) is 0 Å². The summed E-state index contributed by atoms with van der Waals surface area (Å²) >= 11 is 0. The largest absolute Gasteiger partial charge is 1.00 e. The van der Waals surface area contributed by atoms with E-state index in [1.165, 1.54) is 0 Å². The Hall–Kier alpha value is 1.51. The Kier molecular flexibility index (Phi) is 18.7. The van der Waals surface area contributed by atoms with Gasteiger partial charge in [-0.05, 0) is 25.7 Å². The minimum absolute atomic E-state index is 0. The van der Waals surface area contributed by atoms with Crippen molar-refractivity contribution in [2.24, 2.45) is 0 Å². The summed E-state index contributed by atoms with van der Waals surface area (Å²) in [6, 6.07) is 0. The third kappa shape index (κ3) is 15.1. The first-order valence-electron chi connectivity index (χ1n) is 8.54. The fourth-order valence-corrected chi connectivity index (χ4v) is 3.54. The summed E-state index contributed by atoms with van der Waals surface area (Å²) in [6.07, 6.45) is 10.3. The maximum absolute atomic E-state index is 11.2. The van der Waals surface area contributed by atoms with Crippen molar-refractivity contribution >= 4 is 10.1 Å². The van der Waals surface area contributed by atoms with Crippen LogP contribution < -0.4 is 51.4 Å². The third-order valence-electron chi connectivity index (χ3n) is 3.97. The minimum Gasteiger partial charge on any atom is -0.748 e. The molecule has 2 unspecified atom stereocenters. The van der Waals surface area contributed by atoms with Crippen molar-refractivity contribution in [2.75, 3.05) is 0 Å². The molecule has 0 amide bonds. The molecule has 22 heavy (non-hydrogen) atoms. The van der Waals surface area contributed by atoms with Crippen molar-refractivity contribution in [1.82, 2.24) is 0 Å². The van der Waals surface area contributed by atoms with Gasteiger partial charge in [-0.25, -0.2) is 8.42 Å². The minimum atomic E-state index is -4.14. The molecule has 0 aliphatic heterocycles. The van der Waals surface area contributed by atoms with Crippen LogP contribution in [-0.2, 0) is 10.1 Å². The van der Waals surface area contributed by atoms with Gasteiger partial charge in [0.15, 0.2) is 0 Å². The van der Waals surface area contributed by atoms with Crippen molar-refractivity contribution in [3.05, 3.63) is 0 Å². The summed E-state index contributed by atoms with van der Waals surface area (Å²) in [5.41, 5.74) is 0. The van der Waals surface area contributed by atoms with E-state index in [9.17, 15) is 18.1 Å². The topological polar surface area (TPSA) is 77.4 Å². The van der Waals surface area contributed by atoms with E-state index in [2.05, 4.69) is 6.92 Å². The third-order valence-corrected chi connectivity index (χ3v) is 5.26. The second-order valence-corrected chi connectivity index (χ2v) is 7.70. The van der Waals surface area contributed by atoms with Crippen LogP contribution in [0.1, 0.15) is 90.9 Å². The number of aliphatic hydroxyl groups excluding tert-OH is 1. The Bertz CT molecular complexity index is 333. The molecular formula is C16H33KO4S. The van der Waals surface area contributed by atoms with Gasteiger partial charge in [0, 0.05) is 5.25 Å². The Labute approximate surface area is 180 Å². The van der Waals surface area contributed by atoms with Crippen molar-refractivity contribution < 1.29 is 69.5 Å². The Morgan fingerprint density at radius 2 is 1.32 bits per heavy atom. The molecule has 0 rings (SSSR count). The van der Waals surface area contributed by atoms with Gasteiger partial charge in [0.2, 0.25) is 0 Å². The van der Waals surface area contributed by atoms with E-state index in [1.54, 1.807) is 0 Å². The molecule has 0 spiro atoms. The molecule has 0 aliphatic rings. The molecule has 0 aromatic rings. The summed E-state index contributed by atoms with van der Waals surface area (Å²) in [4.78, 5) is 0. The van der Waals surface area contributed by atoms with E-state index in [4.69, 9.17) is 0 Å². The quantitative estimate of drug-likeness (QED) is 0.285. The monoisotopic (exact) mass is 360 g/mol. The zero-order valence-electron chi connectivity index (χ0n) is 14.7. The predicted molar refractivity (Wildman–Crippen MR) is 86.2 cm³/mol. The summed E-state index contributed by atoms with van der Waals surface area (Å²) in [7, 11) is -4.14. The van der Waals surface area contributed by atoms with Gasteiger partial charge in [0.05, 0.1) is 16.2 Å².